The molecule has 1 aromatic carbocycles. The predicted octanol–water partition coefficient (Wildman–Crippen LogP) is 5.05. The van der Waals surface area contributed by atoms with Crippen LogP contribution in [0, 0.1) is 5.41 Å². The van der Waals surface area contributed by atoms with E-state index in [4.69, 9.17) is 5.41 Å². The zero-order chi connectivity index (χ0) is 20.5. The quantitative estimate of drug-likeness (QED) is 0.420. The Hall–Kier alpha value is -1.43. The molecule has 0 amide bonds. The molecule has 28 heavy (non-hydrogen) atoms. The highest BCUT2D eigenvalue weighted by atomic mass is 32.2. The minimum atomic E-state index is 0.138. The minimum absolute atomic E-state index is 0.138. The Morgan fingerprint density at radius 1 is 1.25 bits per heavy atom. The summed E-state index contributed by atoms with van der Waals surface area (Å²) in [5, 5.41) is 14.2. The summed E-state index contributed by atoms with van der Waals surface area (Å²) in [4.78, 5) is 6.89. The van der Waals surface area contributed by atoms with Crippen LogP contribution in [0.1, 0.15) is 58.6 Å². The second-order valence-corrected chi connectivity index (χ2v) is 10.3. The number of hydrogen-bond acceptors (Lipinski definition) is 5. The van der Waals surface area contributed by atoms with Gasteiger partial charge in [0.15, 0.2) is 0 Å². The second kappa shape index (κ2) is 8.13. The monoisotopic (exact) mass is 398 g/mol. The number of thioether (sulfide) groups is 1. The molecular weight excluding hydrogens is 364 g/mol. The lowest BCUT2D eigenvalue weighted by molar-refractivity contribution is 0.0923. The maximum absolute atomic E-state index is 8.72. The molecule has 0 saturated carbocycles. The smallest absolute Gasteiger partial charge is 0.0958 e. The number of rotatable bonds is 5. The van der Waals surface area contributed by atoms with Gasteiger partial charge in [-0.25, -0.2) is 0 Å². The van der Waals surface area contributed by atoms with Crippen LogP contribution in [0.3, 0.4) is 0 Å². The Morgan fingerprint density at radius 2 is 1.93 bits per heavy atom. The summed E-state index contributed by atoms with van der Waals surface area (Å²) in [7, 11) is 2.20. The van der Waals surface area contributed by atoms with Crippen LogP contribution in [-0.2, 0) is 6.42 Å². The number of pyridine rings is 1. The van der Waals surface area contributed by atoms with E-state index in [1.54, 1.807) is 11.8 Å². The van der Waals surface area contributed by atoms with Crippen LogP contribution in [0.5, 0.6) is 0 Å². The summed E-state index contributed by atoms with van der Waals surface area (Å²) in [6.07, 6.45) is 5.00. The highest BCUT2D eigenvalue weighted by molar-refractivity contribution is 8.14. The van der Waals surface area contributed by atoms with Crippen molar-refractivity contribution in [2.75, 3.05) is 12.9 Å². The number of benzene rings is 1. The molecule has 5 heteroatoms. The van der Waals surface area contributed by atoms with Crippen molar-refractivity contribution in [2.24, 2.45) is 0 Å². The van der Waals surface area contributed by atoms with Gasteiger partial charge < -0.3 is 5.32 Å². The van der Waals surface area contributed by atoms with Crippen molar-refractivity contribution in [3.63, 3.8) is 0 Å². The molecule has 0 radical (unpaired) electrons. The summed E-state index contributed by atoms with van der Waals surface area (Å²) in [6, 6.07) is 8.84. The van der Waals surface area contributed by atoms with Crippen molar-refractivity contribution in [2.45, 2.75) is 71.0 Å². The number of nitrogens with zero attached hydrogens (tertiary/aromatic N) is 2. The number of piperidine rings is 1. The number of fused-ring (bicyclic) bond motifs is 1. The van der Waals surface area contributed by atoms with Gasteiger partial charge in [-0.3, -0.25) is 15.3 Å². The summed E-state index contributed by atoms with van der Waals surface area (Å²) in [5.74, 6) is 0.837. The fraction of sp³-hybridized carbons (Fsp3) is 0.565. The zero-order valence-corrected chi connectivity index (χ0v) is 18.9. The average Bonchev–Trinajstić information content (AvgIpc) is 2.62. The third kappa shape index (κ3) is 4.94. The largest absolute Gasteiger partial charge is 0.307 e. The third-order valence-electron chi connectivity index (χ3n) is 5.66. The summed E-state index contributed by atoms with van der Waals surface area (Å²) in [5.41, 5.74) is 3.54. The van der Waals surface area contributed by atoms with Crippen LogP contribution >= 0.6 is 11.8 Å². The van der Waals surface area contributed by atoms with Gasteiger partial charge in [0.1, 0.15) is 0 Å². The lowest BCUT2D eigenvalue weighted by Gasteiger charge is -2.49. The van der Waals surface area contributed by atoms with Crippen molar-refractivity contribution in [3.05, 3.63) is 41.6 Å². The van der Waals surface area contributed by atoms with Gasteiger partial charge in [-0.15, -0.1) is 0 Å². The van der Waals surface area contributed by atoms with E-state index in [2.05, 4.69) is 75.1 Å². The van der Waals surface area contributed by atoms with Crippen molar-refractivity contribution in [1.29, 1.82) is 5.41 Å². The second-order valence-electron chi connectivity index (χ2n) is 9.37. The molecule has 0 unspecified atom stereocenters. The van der Waals surface area contributed by atoms with E-state index in [1.165, 1.54) is 5.56 Å². The Bertz CT molecular complexity index is 843. The van der Waals surface area contributed by atoms with E-state index in [9.17, 15) is 0 Å². The first kappa shape index (κ1) is 21.3. The Kier molecular flexibility index (Phi) is 6.18. The third-order valence-corrected chi connectivity index (χ3v) is 6.70. The molecule has 0 bridgehead atoms. The molecule has 152 valence electrons. The number of hydrogen-bond donors (Lipinski definition) is 2. The van der Waals surface area contributed by atoms with E-state index < -0.39 is 0 Å². The van der Waals surface area contributed by atoms with Crippen molar-refractivity contribution in [3.8, 4) is 0 Å². The molecule has 2 N–H and O–H groups in total. The molecule has 4 nitrogen and oxygen atoms in total. The molecule has 0 aliphatic carbocycles. The molecule has 1 aliphatic rings. The Labute approximate surface area is 174 Å². The standard InChI is InChI=1S/C23H34N4S/c1-7-16-12-20-17(9-8-10-25-20)11-19(16)21(24)28-15-27(6)18-13-22(2,3)26-23(4,5)14-18/h8-12,18,24,26H,7,13-15H2,1-6H3. The molecule has 2 heterocycles. The number of aryl methyl sites for hydroxylation is 1. The van der Waals surface area contributed by atoms with Crippen molar-refractivity contribution in [1.82, 2.24) is 15.2 Å². The van der Waals surface area contributed by atoms with Crippen LogP contribution in [0.15, 0.2) is 30.5 Å². The van der Waals surface area contributed by atoms with Gasteiger partial charge in [-0.2, -0.15) is 0 Å². The molecule has 1 aromatic heterocycles. The van der Waals surface area contributed by atoms with E-state index >= 15 is 0 Å². The first-order valence-electron chi connectivity index (χ1n) is 10.2. The number of nitrogens with one attached hydrogen (secondary N) is 2. The van der Waals surface area contributed by atoms with Crippen LogP contribution in [0.4, 0.5) is 0 Å². The van der Waals surface area contributed by atoms with Crippen molar-refractivity contribution >= 4 is 27.7 Å². The average molecular weight is 399 g/mol. The van der Waals surface area contributed by atoms with Crippen LogP contribution in [0.25, 0.3) is 10.9 Å². The minimum Gasteiger partial charge on any atom is -0.307 e. The molecular formula is C23H34N4S. The normalized spacial score (nSPS) is 19.2. The zero-order valence-electron chi connectivity index (χ0n) is 18.1. The summed E-state index contributed by atoms with van der Waals surface area (Å²) >= 11 is 1.64. The van der Waals surface area contributed by atoms with Gasteiger partial charge in [-0.1, -0.05) is 24.8 Å². The molecule has 2 aromatic rings. The van der Waals surface area contributed by atoms with Gasteiger partial charge in [0.2, 0.25) is 0 Å². The van der Waals surface area contributed by atoms with E-state index in [1.807, 2.05) is 12.3 Å². The van der Waals surface area contributed by atoms with Crippen molar-refractivity contribution < 1.29 is 0 Å². The maximum atomic E-state index is 8.72. The fourth-order valence-electron chi connectivity index (χ4n) is 4.60. The Morgan fingerprint density at radius 3 is 2.57 bits per heavy atom. The van der Waals surface area contributed by atoms with Gasteiger partial charge >= 0.3 is 0 Å². The first-order valence-corrected chi connectivity index (χ1v) is 11.2. The van der Waals surface area contributed by atoms with E-state index in [-0.39, 0.29) is 11.1 Å². The van der Waals surface area contributed by atoms with Gasteiger partial charge in [0, 0.05) is 34.3 Å². The van der Waals surface area contributed by atoms with Gasteiger partial charge in [-0.05, 0) is 77.8 Å². The summed E-state index contributed by atoms with van der Waals surface area (Å²) < 4.78 is 0. The van der Waals surface area contributed by atoms with Crippen LogP contribution < -0.4 is 5.32 Å². The molecule has 3 rings (SSSR count). The Balaban J connectivity index is 1.71. The van der Waals surface area contributed by atoms with Gasteiger partial charge in [0.05, 0.1) is 16.4 Å². The number of aromatic nitrogens is 1. The molecule has 1 aliphatic heterocycles. The van der Waals surface area contributed by atoms with E-state index in [0.29, 0.717) is 11.1 Å². The van der Waals surface area contributed by atoms with E-state index in [0.717, 1.165) is 41.6 Å². The molecule has 1 saturated heterocycles. The highest BCUT2D eigenvalue weighted by Crippen LogP contribution is 2.32. The fourth-order valence-corrected chi connectivity index (χ4v) is 5.49. The molecule has 0 spiro atoms. The lowest BCUT2D eigenvalue weighted by atomic mass is 9.79. The molecule has 1 fully saturated rings. The van der Waals surface area contributed by atoms with Crippen LogP contribution in [0.2, 0.25) is 0 Å². The topological polar surface area (TPSA) is 52.0 Å². The molecule has 0 atom stereocenters. The first-order chi connectivity index (χ1) is 13.1. The SMILES string of the molecule is CCc1cc2ncccc2cc1C(=N)SCN(C)C1CC(C)(C)NC(C)(C)C1. The predicted molar refractivity (Wildman–Crippen MR) is 122 cm³/mol. The lowest BCUT2D eigenvalue weighted by Crippen LogP contribution is -2.61. The maximum Gasteiger partial charge on any atom is 0.0958 e. The van der Waals surface area contributed by atoms with Crippen LogP contribution in [-0.4, -0.2) is 45.0 Å². The highest BCUT2D eigenvalue weighted by Gasteiger charge is 2.39. The van der Waals surface area contributed by atoms with Gasteiger partial charge in [0.25, 0.3) is 0 Å². The summed E-state index contributed by atoms with van der Waals surface area (Å²) in [6.45, 7) is 11.3.